The molecule has 2 amide bonds. The van der Waals surface area contributed by atoms with E-state index in [1.807, 2.05) is 73.7 Å². The minimum atomic E-state index is -0.566. The first kappa shape index (κ1) is 26.6. The summed E-state index contributed by atoms with van der Waals surface area (Å²) in [5, 5.41) is 3.08. The molecule has 0 bridgehead atoms. The van der Waals surface area contributed by atoms with Crippen LogP contribution in [-0.4, -0.2) is 35.1 Å². The number of amides is 2. The van der Waals surface area contributed by atoms with E-state index in [9.17, 15) is 9.59 Å². The molecule has 3 aromatic rings. The van der Waals surface area contributed by atoms with Crippen molar-refractivity contribution in [2.75, 3.05) is 12.3 Å². The molecule has 0 aliphatic carbocycles. The number of unbranched alkanes of at least 4 members (excludes halogenated alkanes) is 1. The van der Waals surface area contributed by atoms with Crippen LogP contribution in [0.15, 0.2) is 89.8 Å². The maximum Gasteiger partial charge on any atom is 0.243 e. The van der Waals surface area contributed by atoms with Crippen LogP contribution in [0.2, 0.25) is 0 Å². The second-order valence-electron chi connectivity index (χ2n) is 8.77. The van der Waals surface area contributed by atoms with Crippen LogP contribution in [0.3, 0.4) is 0 Å². The lowest BCUT2D eigenvalue weighted by Crippen LogP contribution is -2.50. The smallest absolute Gasteiger partial charge is 0.243 e. The quantitative estimate of drug-likeness (QED) is 0.236. The Morgan fingerprint density at radius 3 is 2.29 bits per heavy atom. The lowest BCUT2D eigenvalue weighted by molar-refractivity contribution is -0.141. The summed E-state index contributed by atoms with van der Waals surface area (Å²) < 4.78 is 0. The highest BCUT2D eigenvalue weighted by atomic mass is 32.2. The first-order chi connectivity index (χ1) is 17.1. The fourth-order valence-corrected chi connectivity index (χ4v) is 4.85. The van der Waals surface area contributed by atoms with Crippen molar-refractivity contribution in [3.05, 3.63) is 102 Å². The van der Waals surface area contributed by atoms with Gasteiger partial charge in [-0.3, -0.25) is 9.59 Å². The van der Waals surface area contributed by atoms with Gasteiger partial charge in [0.25, 0.3) is 0 Å². The highest BCUT2D eigenvalue weighted by molar-refractivity contribution is 7.99. The molecule has 184 valence electrons. The van der Waals surface area contributed by atoms with E-state index < -0.39 is 6.04 Å². The average molecular weight is 489 g/mol. The summed E-state index contributed by atoms with van der Waals surface area (Å²) in [5.74, 6) is 0.586. The maximum absolute atomic E-state index is 13.6. The van der Waals surface area contributed by atoms with Gasteiger partial charge < -0.3 is 10.2 Å². The van der Waals surface area contributed by atoms with Gasteiger partial charge in [-0.25, -0.2) is 0 Å². The summed E-state index contributed by atoms with van der Waals surface area (Å²) in [7, 11) is 0. The number of nitrogens with one attached hydrogen (secondary N) is 1. The van der Waals surface area contributed by atoms with Crippen LogP contribution in [0.4, 0.5) is 0 Å². The molecule has 0 aliphatic rings. The molecule has 0 heterocycles. The molecule has 5 heteroatoms. The van der Waals surface area contributed by atoms with Crippen molar-refractivity contribution in [3.8, 4) is 0 Å². The van der Waals surface area contributed by atoms with Gasteiger partial charge in [0.1, 0.15) is 6.04 Å². The largest absolute Gasteiger partial charge is 0.354 e. The number of nitrogens with zero attached hydrogens (tertiary/aromatic N) is 1. The molecule has 1 unspecified atom stereocenters. The third-order valence-electron chi connectivity index (χ3n) is 5.86. The van der Waals surface area contributed by atoms with Crippen molar-refractivity contribution in [2.45, 2.75) is 57.0 Å². The standard InChI is InChI=1S/C30H36N2O2S/c1-3-4-19-31-30(34)28(22-25-13-7-5-8-14-25)32(23-26-15-11-12-24(2)21-26)29(33)18-20-35-27-16-9-6-10-17-27/h5-17,21,28H,3-4,18-20,22-23H2,1-2H3,(H,31,34). The Morgan fingerprint density at radius 1 is 0.914 bits per heavy atom. The topological polar surface area (TPSA) is 49.4 Å². The third-order valence-corrected chi connectivity index (χ3v) is 6.88. The zero-order valence-electron chi connectivity index (χ0n) is 20.8. The van der Waals surface area contributed by atoms with Gasteiger partial charge in [0, 0.05) is 36.6 Å². The Labute approximate surface area is 214 Å². The zero-order chi connectivity index (χ0) is 24.9. The molecule has 0 aromatic heterocycles. The normalized spacial score (nSPS) is 11.6. The number of thioether (sulfide) groups is 1. The summed E-state index contributed by atoms with van der Waals surface area (Å²) in [5.41, 5.74) is 3.22. The highest BCUT2D eigenvalue weighted by Crippen LogP contribution is 2.21. The molecule has 1 N–H and O–H groups in total. The van der Waals surface area contributed by atoms with Gasteiger partial charge in [-0.05, 0) is 36.6 Å². The first-order valence-corrected chi connectivity index (χ1v) is 13.4. The van der Waals surface area contributed by atoms with Crippen molar-refractivity contribution < 1.29 is 9.59 Å². The van der Waals surface area contributed by atoms with E-state index in [1.54, 1.807) is 16.7 Å². The molecule has 0 radical (unpaired) electrons. The lowest BCUT2D eigenvalue weighted by Gasteiger charge is -2.31. The molecule has 35 heavy (non-hydrogen) atoms. The SMILES string of the molecule is CCCCNC(=O)C(Cc1ccccc1)N(Cc1cccc(C)c1)C(=O)CCSc1ccccc1. The van der Waals surface area contributed by atoms with E-state index in [0.29, 0.717) is 31.7 Å². The minimum Gasteiger partial charge on any atom is -0.354 e. The zero-order valence-corrected chi connectivity index (χ0v) is 21.6. The van der Waals surface area contributed by atoms with Crippen molar-refractivity contribution in [2.24, 2.45) is 0 Å². The number of benzene rings is 3. The molecular weight excluding hydrogens is 452 g/mol. The summed E-state index contributed by atoms with van der Waals surface area (Å²) in [6.45, 7) is 5.18. The Hall–Kier alpha value is -3.05. The molecule has 3 aromatic carbocycles. The van der Waals surface area contributed by atoms with Crippen molar-refractivity contribution in [3.63, 3.8) is 0 Å². The third kappa shape index (κ3) is 8.91. The van der Waals surface area contributed by atoms with Crippen LogP contribution in [0.25, 0.3) is 0 Å². The Kier molecular flexibility index (Phi) is 10.9. The molecular formula is C30H36N2O2S. The summed E-state index contributed by atoms with van der Waals surface area (Å²) >= 11 is 1.67. The molecule has 0 spiro atoms. The highest BCUT2D eigenvalue weighted by Gasteiger charge is 2.30. The number of hydrogen-bond acceptors (Lipinski definition) is 3. The van der Waals surface area contributed by atoms with Gasteiger partial charge in [-0.1, -0.05) is 91.7 Å². The van der Waals surface area contributed by atoms with Crippen LogP contribution in [0.1, 0.15) is 42.9 Å². The summed E-state index contributed by atoms with van der Waals surface area (Å²) in [6, 6.07) is 27.7. The Balaban J connectivity index is 1.83. The molecule has 4 nitrogen and oxygen atoms in total. The van der Waals surface area contributed by atoms with Crippen molar-refractivity contribution in [1.82, 2.24) is 10.2 Å². The number of rotatable bonds is 13. The van der Waals surface area contributed by atoms with Gasteiger partial charge in [0.15, 0.2) is 0 Å². The van der Waals surface area contributed by atoms with Gasteiger partial charge in [0.05, 0.1) is 0 Å². The van der Waals surface area contributed by atoms with E-state index in [0.717, 1.165) is 34.4 Å². The second-order valence-corrected chi connectivity index (χ2v) is 9.94. The van der Waals surface area contributed by atoms with Crippen LogP contribution in [0.5, 0.6) is 0 Å². The molecule has 0 fully saturated rings. The van der Waals surface area contributed by atoms with Crippen LogP contribution in [0, 0.1) is 6.92 Å². The van der Waals surface area contributed by atoms with Crippen molar-refractivity contribution >= 4 is 23.6 Å². The predicted molar refractivity (Wildman–Crippen MR) is 145 cm³/mol. The van der Waals surface area contributed by atoms with E-state index in [1.165, 1.54) is 0 Å². The number of aryl methyl sites for hydroxylation is 1. The summed E-state index contributed by atoms with van der Waals surface area (Å²) in [6.07, 6.45) is 2.79. The van der Waals surface area contributed by atoms with Crippen molar-refractivity contribution in [1.29, 1.82) is 0 Å². The van der Waals surface area contributed by atoms with Gasteiger partial charge >= 0.3 is 0 Å². The minimum absolute atomic E-state index is 0.00140. The summed E-state index contributed by atoms with van der Waals surface area (Å²) in [4.78, 5) is 30.0. The fraction of sp³-hybridized carbons (Fsp3) is 0.333. The fourth-order valence-electron chi connectivity index (χ4n) is 3.98. The molecule has 0 aliphatic heterocycles. The van der Waals surface area contributed by atoms with E-state index in [2.05, 4.69) is 30.4 Å². The number of carbonyl (C=O) groups excluding carboxylic acids is 2. The van der Waals surface area contributed by atoms with Gasteiger partial charge in [-0.15, -0.1) is 11.8 Å². The second kappa shape index (κ2) is 14.4. The van der Waals surface area contributed by atoms with Gasteiger partial charge in [-0.2, -0.15) is 0 Å². The van der Waals surface area contributed by atoms with Crippen LogP contribution >= 0.6 is 11.8 Å². The Morgan fingerprint density at radius 2 is 1.60 bits per heavy atom. The molecule has 0 saturated heterocycles. The van der Waals surface area contributed by atoms with E-state index >= 15 is 0 Å². The maximum atomic E-state index is 13.6. The van der Waals surface area contributed by atoms with E-state index in [-0.39, 0.29) is 11.8 Å². The predicted octanol–water partition coefficient (Wildman–Crippen LogP) is 6.03. The molecule has 0 saturated carbocycles. The first-order valence-electron chi connectivity index (χ1n) is 12.4. The number of carbonyl (C=O) groups is 2. The van der Waals surface area contributed by atoms with Crippen LogP contribution < -0.4 is 5.32 Å². The van der Waals surface area contributed by atoms with Gasteiger partial charge in [0.2, 0.25) is 11.8 Å². The molecule has 3 rings (SSSR count). The van der Waals surface area contributed by atoms with E-state index in [4.69, 9.17) is 0 Å². The van der Waals surface area contributed by atoms with Crippen LogP contribution in [-0.2, 0) is 22.6 Å². The Bertz CT molecular complexity index is 1060. The monoisotopic (exact) mass is 488 g/mol. The lowest BCUT2D eigenvalue weighted by atomic mass is 10.0. The molecule has 1 atom stereocenters. The number of hydrogen-bond donors (Lipinski definition) is 1. The average Bonchev–Trinajstić information content (AvgIpc) is 2.87.